The first kappa shape index (κ1) is 15.5. The van der Waals surface area contributed by atoms with Crippen LogP contribution in [0.2, 0.25) is 0 Å². The Morgan fingerprint density at radius 2 is 2.04 bits per heavy atom. The summed E-state index contributed by atoms with van der Waals surface area (Å²) in [6.45, 7) is 4.86. The van der Waals surface area contributed by atoms with Crippen molar-refractivity contribution in [3.05, 3.63) is 35.8 Å². The van der Waals surface area contributed by atoms with Crippen LogP contribution in [0.25, 0.3) is 5.65 Å². The highest BCUT2D eigenvalue weighted by molar-refractivity contribution is 5.79. The van der Waals surface area contributed by atoms with Crippen LogP contribution in [0.4, 0.5) is 0 Å². The van der Waals surface area contributed by atoms with E-state index in [4.69, 9.17) is 0 Å². The van der Waals surface area contributed by atoms with Crippen LogP contribution in [0.15, 0.2) is 24.4 Å². The zero-order chi connectivity index (χ0) is 16.4. The minimum absolute atomic E-state index is 0.00358. The lowest BCUT2D eigenvalue weighted by Crippen LogP contribution is -2.46. The molecule has 1 aliphatic rings. The largest absolute Gasteiger partial charge is 0.353 e. The van der Waals surface area contributed by atoms with E-state index in [-0.39, 0.29) is 17.9 Å². The van der Waals surface area contributed by atoms with Gasteiger partial charge >= 0.3 is 0 Å². The fourth-order valence-corrected chi connectivity index (χ4v) is 3.19. The van der Waals surface area contributed by atoms with Crippen molar-refractivity contribution in [1.82, 2.24) is 19.6 Å². The van der Waals surface area contributed by atoms with Gasteiger partial charge in [0.2, 0.25) is 11.8 Å². The predicted molar refractivity (Wildman–Crippen MR) is 87.1 cm³/mol. The smallest absolute Gasteiger partial charge is 0.228 e. The lowest BCUT2D eigenvalue weighted by atomic mass is 10.0. The highest BCUT2D eigenvalue weighted by atomic mass is 16.2. The molecule has 23 heavy (non-hydrogen) atoms. The average molecular weight is 314 g/mol. The number of hydrogen-bond acceptors (Lipinski definition) is 3. The van der Waals surface area contributed by atoms with Gasteiger partial charge in [-0.15, -0.1) is 0 Å². The first-order chi connectivity index (χ1) is 11.0. The molecule has 0 atom stereocenters. The van der Waals surface area contributed by atoms with Crippen LogP contribution < -0.4 is 5.32 Å². The van der Waals surface area contributed by atoms with Gasteiger partial charge in [0, 0.05) is 32.3 Å². The van der Waals surface area contributed by atoms with Gasteiger partial charge in [-0.25, -0.2) is 4.98 Å². The first-order valence-electron chi connectivity index (χ1n) is 8.02. The molecule has 6 nitrogen and oxygen atoms in total. The van der Waals surface area contributed by atoms with Crippen molar-refractivity contribution in [2.24, 2.45) is 0 Å². The maximum atomic E-state index is 12.6. The van der Waals surface area contributed by atoms with E-state index in [1.165, 1.54) is 6.92 Å². The fraction of sp³-hybridized carbons (Fsp3) is 0.471. The van der Waals surface area contributed by atoms with Crippen LogP contribution in [0, 0.1) is 6.92 Å². The quantitative estimate of drug-likeness (QED) is 0.929. The van der Waals surface area contributed by atoms with Crippen molar-refractivity contribution in [3.8, 4) is 0 Å². The summed E-state index contributed by atoms with van der Waals surface area (Å²) in [5.41, 5.74) is 2.73. The SMILES string of the molecule is CC(=O)NC1CCN(C(=O)Cc2c(C)nc3ccccn23)CC1. The topological polar surface area (TPSA) is 66.7 Å². The molecule has 3 rings (SSSR count). The van der Waals surface area contributed by atoms with E-state index in [2.05, 4.69) is 10.3 Å². The first-order valence-corrected chi connectivity index (χ1v) is 8.02. The average Bonchev–Trinajstić information content (AvgIpc) is 2.83. The Labute approximate surface area is 135 Å². The number of nitrogens with zero attached hydrogens (tertiary/aromatic N) is 3. The summed E-state index contributed by atoms with van der Waals surface area (Å²) >= 11 is 0. The number of aryl methyl sites for hydroxylation is 1. The van der Waals surface area contributed by atoms with Crippen molar-refractivity contribution in [3.63, 3.8) is 0 Å². The third-order valence-electron chi connectivity index (χ3n) is 4.40. The van der Waals surface area contributed by atoms with Gasteiger partial charge in [-0.3, -0.25) is 9.59 Å². The number of likely N-dealkylation sites (tertiary alicyclic amines) is 1. The molecule has 3 heterocycles. The maximum absolute atomic E-state index is 12.6. The number of rotatable bonds is 3. The molecule has 0 aromatic carbocycles. The molecule has 0 saturated carbocycles. The maximum Gasteiger partial charge on any atom is 0.228 e. The van der Waals surface area contributed by atoms with Gasteiger partial charge in [-0.2, -0.15) is 0 Å². The summed E-state index contributed by atoms with van der Waals surface area (Å²) < 4.78 is 1.98. The number of aromatic nitrogens is 2. The lowest BCUT2D eigenvalue weighted by Gasteiger charge is -2.32. The summed E-state index contributed by atoms with van der Waals surface area (Å²) in [6, 6.07) is 6.02. The Bertz CT molecular complexity index is 729. The number of nitrogens with one attached hydrogen (secondary N) is 1. The predicted octanol–water partition coefficient (Wildman–Crippen LogP) is 1.31. The number of piperidine rings is 1. The van der Waals surface area contributed by atoms with E-state index >= 15 is 0 Å². The molecule has 0 bridgehead atoms. The summed E-state index contributed by atoms with van der Waals surface area (Å²) in [7, 11) is 0. The molecule has 0 unspecified atom stereocenters. The fourth-order valence-electron chi connectivity index (χ4n) is 3.19. The van der Waals surface area contributed by atoms with Gasteiger partial charge in [-0.1, -0.05) is 6.07 Å². The van der Waals surface area contributed by atoms with Crippen molar-refractivity contribution < 1.29 is 9.59 Å². The molecule has 2 aromatic rings. The van der Waals surface area contributed by atoms with E-state index in [1.54, 1.807) is 0 Å². The Morgan fingerprint density at radius 3 is 2.74 bits per heavy atom. The molecular formula is C17H22N4O2. The number of hydrogen-bond donors (Lipinski definition) is 1. The Kier molecular flexibility index (Phi) is 4.32. The molecular weight excluding hydrogens is 292 g/mol. The molecule has 2 amide bonds. The summed E-state index contributed by atoms with van der Waals surface area (Å²) in [6.07, 6.45) is 3.94. The van der Waals surface area contributed by atoms with Crippen LogP contribution in [0.3, 0.4) is 0 Å². The number of carbonyl (C=O) groups is 2. The molecule has 1 N–H and O–H groups in total. The molecule has 1 aliphatic heterocycles. The van der Waals surface area contributed by atoms with Gasteiger partial charge in [0.1, 0.15) is 5.65 Å². The van der Waals surface area contributed by atoms with Crippen LogP contribution >= 0.6 is 0 Å². The summed E-state index contributed by atoms with van der Waals surface area (Å²) in [5, 5.41) is 2.93. The normalized spacial score (nSPS) is 15.8. The number of amides is 2. The standard InChI is InChI=1S/C17H22N4O2/c1-12-15(21-8-4-3-5-16(21)18-12)11-17(23)20-9-6-14(7-10-20)19-13(2)22/h3-5,8,14H,6-7,9-11H2,1-2H3,(H,19,22). The molecule has 1 fully saturated rings. The Hall–Kier alpha value is -2.37. The van der Waals surface area contributed by atoms with Crippen molar-refractivity contribution >= 4 is 17.5 Å². The van der Waals surface area contributed by atoms with Gasteiger partial charge in [0.15, 0.2) is 0 Å². The zero-order valence-electron chi connectivity index (χ0n) is 13.6. The highest BCUT2D eigenvalue weighted by Crippen LogP contribution is 2.16. The van der Waals surface area contributed by atoms with E-state index in [0.29, 0.717) is 19.5 Å². The number of fused-ring (bicyclic) bond motifs is 1. The molecule has 2 aromatic heterocycles. The number of imidazole rings is 1. The van der Waals surface area contributed by atoms with E-state index in [1.807, 2.05) is 40.6 Å². The van der Waals surface area contributed by atoms with Crippen LogP contribution in [0.5, 0.6) is 0 Å². The van der Waals surface area contributed by atoms with Crippen LogP contribution in [-0.2, 0) is 16.0 Å². The van der Waals surface area contributed by atoms with Gasteiger partial charge in [0.25, 0.3) is 0 Å². The molecule has 122 valence electrons. The Morgan fingerprint density at radius 1 is 1.30 bits per heavy atom. The highest BCUT2D eigenvalue weighted by Gasteiger charge is 2.24. The third kappa shape index (κ3) is 3.36. The van der Waals surface area contributed by atoms with Crippen molar-refractivity contribution in [1.29, 1.82) is 0 Å². The minimum atomic E-state index is -0.00358. The van der Waals surface area contributed by atoms with Crippen molar-refractivity contribution in [2.75, 3.05) is 13.1 Å². The molecule has 0 spiro atoms. The van der Waals surface area contributed by atoms with Gasteiger partial charge in [-0.05, 0) is 31.9 Å². The van der Waals surface area contributed by atoms with E-state index in [0.717, 1.165) is 29.9 Å². The number of pyridine rings is 1. The number of carbonyl (C=O) groups excluding carboxylic acids is 2. The van der Waals surface area contributed by atoms with E-state index < -0.39 is 0 Å². The van der Waals surface area contributed by atoms with Gasteiger partial charge < -0.3 is 14.6 Å². The lowest BCUT2D eigenvalue weighted by molar-refractivity contribution is -0.131. The van der Waals surface area contributed by atoms with Crippen molar-refractivity contribution in [2.45, 2.75) is 39.2 Å². The molecule has 0 aliphatic carbocycles. The summed E-state index contributed by atoms with van der Waals surface area (Å²) in [5.74, 6) is 0.121. The van der Waals surface area contributed by atoms with E-state index in [9.17, 15) is 9.59 Å². The zero-order valence-corrected chi connectivity index (χ0v) is 13.6. The molecule has 1 saturated heterocycles. The molecule has 0 radical (unpaired) electrons. The van der Waals surface area contributed by atoms with Crippen LogP contribution in [-0.4, -0.2) is 45.2 Å². The summed E-state index contributed by atoms with van der Waals surface area (Å²) in [4.78, 5) is 30.1. The third-order valence-corrected chi connectivity index (χ3v) is 4.40. The van der Waals surface area contributed by atoms with Crippen LogP contribution in [0.1, 0.15) is 31.2 Å². The molecule has 6 heteroatoms. The second-order valence-corrected chi connectivity index (χ2v) is 6.11. The second kappa shape index (κ2) is 6.40. The minimum Gasteiger partial charge on any atom is -0.353 e. The Balaban J connectivity index is 1.65. The monoisotopic (exact) mass is 314 g/mol. The second-order valence-electron chi connectivity index (χ2n) is 6.11. The van der Waals surface area contributed by atoms with Gasteiger partial charge in [0.05, 0.1) is 17.8 Å².